The molecule has 0 aliphatic carbocycles. The lowest BCUT2D eigenvalue weighted by Crippen LogP contribution is -2.33. The number of nitrogens with zero attached hydrogens (tertiary/aromatic N) is 5. The molecule has 4 aromatic rings. The van der Waals surface area contributed by atoms with Gasteiger partial charge in [0.05, 0.1) is 12.6 Å². The second-order valence-electron chi connectivity index (χ2n) is 8.53. The SMILES string of the molecule is CCOC(=O)Cn1nnnc1[C@@H](CC)N(Cc1ccccc1)Cc1cc2ccc(C)cc2[nH]c1=O. The van der Waals surface area contributed by atoms with Gasteiger partial charge in [0.15, 0.2) is 5.82 Å². The van der Waals surface area contributed by atoms with Crippen LogP contribution in [-0.2, 0) is 29.2 Å². The lowest BCUT2D eigenvalue weighted by molar-refractivity contribution is -0.144. The molecule has 35 heavy (non-hydrogen) atoms. The van der Waals surface area contributed by atoms with Crippen LogP contribution < -0.4 is 5.56 Å². The Bertz CT molecular complexity index is 1350. The topological polar surface area (TPSA) is 106 Å². The summed E-state index contributed by atoms with van der Waals surface area (Å²) in [4.78, 5) is 30.3. The van der Waals surface area contributed by atoms with Crippen LogP contribution in [0.5, 0.6) is 0 Å². The summed E-state index contributed by atoms with van der Waals surface area (Å²) in [5.41, 5.74) is 3.54. The van der Waals surface area contributed by atoms with E-state index in [1.165, 1.54) is 4.68 Å². The van der Waals surface area contributed by atoms with Crippen molar-refractivity contribution < 1.29 is 9.53 Å². The molecule has 2 aromatic carbocycles. The van der Waals surface area contributed by atoms with Gasteiger partial charge in [0, 0.05) is 24.2 Å². The first kappa shape index (κ1) is 24.3. The lowest BCUT2D eigenvalue weighted by Gasteiger charge is -2.30. The smallest absolute Gasteiger partial charge is 0.327 e. The van der Waals surface area contributed by atoms with Gasteiger partial charge in [-0.2, -0.15) is 0 Å². The van der Waals surface area contributed by atoms with Crippen LogP contribution in [0, 0.1) is 6.92 Å². The fraction of sp³-hybridized carbons (Fsp3) is 0.346. The van der Waals surface area contributed by atoms with Crippen molar-refractivity contribution in [3.8, 4) is 0 Å². The highest BCUT2D eigenvalue weighted by Gasteiger charge is 2.27. The molecule has 4 rings (SSSR count). The number of H-pyrrole nitrogens is 1. The van der Waals surface area contributed by atoms with E-state index in [9.17, 15) is 9.59 Å². The molecule has 0 spiro atoms. The summed E-state index contributed by atoms with van der Waals surface area (Å²) in [6.07, 6.45) is 0.681. The largest absolute Gasteiger partial charge is 0.465 e. The molecule has 0 bridgehead atoms. The summed E-state index contributed by atoms with van der Waals surface area (Å²) < 4.78 is 6.57. The Labute approximate surface area is 203 Å². The van der Waals surface area contributed by atoms with E-state index in [0.717, 1.165) is 22.0 Å². The fourth-order valence-electron chi connectivity index (χ4n) is 4.29. The summed E-state index contributed by atoms with van der Waals surface area (Å²) in [5.74, 6) is 0.163. The van der Waals surface area contributed by atoms with Crippen LogP contribution >= 0.6 is 0 Å². The van der Waals surface area contributed by atoms with Gasteiger partial charge in [0.2, 0.25) is 0 Å². The van der Waals surface area contributed by atoms with Gasteiger partial charge < -0.3 is 9.72 Å². The second kappa shape index (κ2) is 11.1. The van der Waals surface area contributed by atoms with Crippen LogP contribution in [0.25, 0.3) is 10.9 Å². The number of carbonyl (C=O) groups is 1. The number of tetrazole rings is 1. The molecule has 2 aromatic heterocycles. The van der Waals surface area contributed by atoms with E-state index in [0.29, 0.717) is 30.9 Å². The Balaban J connectivity index is 1.70. The molecule has 2 heterocycles. The highest BCUT2D eigenvalue weighted by atomic mass is 16.5. The van der Waals surface area contributed by atoms with Crippen LogP contribution in [0.1, 0.15) is 48.8 Å². The zero-order valence-corrected chi connectivity index (χ0v) is 20.3. The van der Waals surface area contributed by atoms with E-state index in [2.05, 4.69) is 37.5 Å². The molecular formula is C26H30N6O3. The molecule has 9 heteroatoms. The third-order valence-corrected chi connectivity index (χ3v) is 5.95. The number of aryl methyl sites for hydroxylation is 1. The van der Waals surface area contributed by atoms with Gasteiger partial charge in [-0.3, -0.25) is 14.5 Å². The maximum Gasteiger partial charge on any atom is 0.327 e. The standard InChI is InChI=1S/C26H30N6O3/c1-4-23(25-28-29-30-32(25)17-24(33)35-5-2)31(15-19-9-7-6-8-10-19)16-21-14-20-12-11-18(3)13-22(20)27-26(21)34/h6-14,23H,4-5,15-17H2,1-3H3,(H,27,34)/t23-/m1/s1. The Kier molecular flexibility index (Phi) is 7.67. The molecule has 0 saturated heterocycles. The number of esters is 1. The summed E-state index contributed by atoms with van der Waals surface area (Å²) in [7, 11) is 0. The molecule has 0 aliphatic heterocycles. The number of aromatic amines is 1. The molecule has 1 N–H and O–H groups in total. The highest BCUT2D eigenvalue weighted by Crippen LogP contribution is 2.26. The van der Waals surface area contributed by atoms with Crippen LogP contribution in [0.2, 0.25) is 0 Å². The van der Waals surface area contributed by atoms with E-state index in [4.69, 9.17) is 4.74 Å². The number of nitrogens with one attached hydrogen (secondary N) is 1. The van der Waals surface area contributed by atoms with Crippen molar-refractivity contribution in [3.63, 3.8) is 0 Å². The van der Waals surface area contributed by atoms with Crippen molar-refractivity contribution in [2.24, 2.45) is 0 Å². The number of fused-ring (bicyclic) bond motifs is 1. The van der Waals surface area contributed by atoms with Crippen LogP contribution in [0.4, 0.5) is 0 Å². The highest BCUT2D eigenvalue weighted by molar-refractivity contribution is 5.79. The molecule has 0 fully saturated rings. The number of pyridine rings is 1. The number of carbonyl (C=O) groups excluding carboxylic acids is 1. The first-order valence-corrected chi connectivity index (χ1v) is 11.8. The van der Waals surface area contributed by atoms with Gasteiger partial charge in [0.25, 0.3) is 5.56 Å². The first-order valence-electron chi connectivity index (χ1n) is 11.8. The van der Waals surface area contributed by atoms with Gasteiger partial charge in [-0.25, -0.2) is 4.68 Å². The van der Waals surface area contributed by atoms with E-state index in [-0.39, 0.29) is 24.8 Å². The van der Waals surface area contributed by atoms with Crippen molar-refractivity contribution in [1.29, 1.82) is 0 Å². The number of aromatic nitrogens is 5. The number of benzene rings is 2. The maximum atomic E-state index is 13.0. The number of hydrogen-bond donors (Lipinski definition) is 1. The van der Waals surface area contributed by atoms with Crippen molar-refractivity contribution in [2.75, 3.05) is 6.61 Å². The number of rotatable bonds is 10. The molecule has 182 valence electrons. The van der Waals surface area contributed by atoms with Gasteiger partial charge in [-0.1, -0.05) is 49.4 Å². The van der Waals surface area contributed by atoms with Crippen molar-refractivity contribution >= 4 is 16.9 Å². The van der Waals surface area contributed by atoms with Crippen molar-refractivity contribution in [2.45, 2.75) is 52.9 Å². The predicted octanol–water partition coefficient (Wildman–Crippen LogP) is 3.54. The molecule has 0 aliphatic rings. The van der Waals surface area contributed by atoms with E-state index in [1.54, 1.807) is 6.92 Å². The van der Waals surface area contributed by atoms with Crippen LogP contribution in [0.3, 0.4) is 0 Å². The van der Waals surface area contributed by atoms with Crippen LogP contribution in [0.15, 0.2) is 59.4 Å². The third kappa shape index (κ3) is 5.81. The Morgan fingerprint density at radius 3 is 2.66 bits per heavy atom. The predicted molar refractivity (Wildman–Crippen MR) is 132 cm³/mol. The fourth-order valence-corrected chi connectivity index (χ4v) is 4.29. The summed E-state index contributed by atoms with van der Waals surface area (Å²) in [6, 6.07) is 17.8. The van der Waals surface area contributed by atoms with E-state index >= 15 is 0 Å². The Morgan fingerprint density at radius 1 is 1.11 bits per heavy atom. The minimum Gasteiger partial charge on any atom is -0.465 e. The monoisotopic (exact) mass is 474 g/mol. The summed E-state index contributed by atoms with van der Waals surface area (Å²) >= 11 is 0. The summed E-state index contributed by atoms with van der Waals surface area (Å²) in [5, 5.41) is 13.1. The Hall–Kier alpha value is -3.85. The molecule has 9 nitrogen and oxygen atoms in total. The first-order chi connectivity index (χ1) is 17.0. The minimum absolute atomic E-state index is 0.0677. The van der Waals surface area contributed by atoms with Crippen molar-refractivity contribution in [1.82, 2.24) is 30.1 Å². The molecule has 0 amide bonds. The van der Waals surface area contributed by atoms with Gasteiger partial charge in [-0.05, 0) is 59.3 Å². The molecule has 0 saturated carbocycles. The second-order valence-corrected chi connectivity index (χ2v) is 8.53. The van der Waals surface area contributed by atoms with Crippen LogP contribution in [-0.4, -0.2) is 42.7 Å². The van der Waals surface area contributed by atoms with Crippen molar-refractivity contribution in [3.05, 3.63) is 87.5 Å². The summed E-state index contributed by atoms with van der Waals surface area (Å²) in [6.45, 7) is 6.99. The normalized spacial score (nSPS) is 12.2. The zero-order valence-electron chi connectivity index (χ0n) is 20.3. The molecule has 0 radical (unpaired) electrons. The van der Waals surface area contributed by atoms with E-state index < -0.39 is 5.97 Å². The van der Waals surface area contributed by atoms with Gasteiger partial charge in [-0.15, -0.1) is 5.10 Å². The quantitative estimate of drug-likeness (QED) is 0.350. The average Bonchev–Trinajstić information content (AvgIpc) is 3.28. The van der Waals surface area contributed by atoms with Gasteiger partial charge >= 0.3 is 5.97 Å². The Morgan fingerprint density at radius 2 is 1.91 bits per heavy atom. The third-order valence-electron chi connectivity index (χ3n) is 5.95. The minimum atomic E-state index is -0.397. The number of hydrogen-bond acceptors (Lipinski definition) is 7. The molecule has 1 atom stereocenters. The van der Waals surface area contributed by atoms with E-state index in [1.807, 2.05) is 56.3 Å². The molecular weight excluding hydrogens is 444 g/mol. The molecule has 0 unspecified atom stereocenters. The lowest BCUT2D eigenvalue weighted by atomic mass is 10.1. The average molecular weight is 475 g/mol. The number of ether oxygens (including phenoxy) is 1. The maximum absolute atomic E-state index is 13.0. The zero-order chi connectivity index (χ0) is 24.8. The van der Waals surface area contributed by atoms with Gasteiger partial charge in [0.1, 0.15) is 6.54 Å².